The van der Waals surface area contributed by atoms with Crippen molar-refractivity contribution in [3.63, 3.8) is 0 Å². The SMILES string of the molecule is NC1CCN(CCc2ccc3c(c2)CCO3)C1. The molecule has 1 saturated heterocycles. The number of fused-ring (bicyclic) bond motifs is 1. The Morgan fingerprint density at radius 3 is 3.18 bits per heavy atom. The second kappa shape index (κ2) is 4.67. The third kappa shape index (κ3) is 2.45. The molecule has 0 bridgehead atoms. The number of ether oxygens (including phenoxy) is 1. The summed E-state index contributed by atoms with van der Waals surface area (Å²) in [7, 11) is 0. The number of rotatable bonds is 3. The van der Waals surface area contributed by atoms with Gasteiger partial charge in [-0.25, -0.2) is 0 Å². The molecule has 2 aliphatic heterocycles. The topological polar surface area (TPSA) is 38.5 Å². The van der Waals surface area contributed by atoms with E-state index in [4.69, 9.17) is 10.5 Å². The highest BCUT2D eigenvalue weighted by atomic mass is 16.5. The molecule has 1 atom stereocenters. The molecule has 0 aromatic heterocycles. The van der Waals surface area contributed by atoms with E-state index in [2.05, 4.69) is 23.1 Å². The molecule has 0 spiro atoms. The van der Waals surface area contributed by atoms with Crippen LogP contribution in [0.15, 0.2) is 18.2 Å². The van der Waals surface area contributed by atoms with Crippen LogP contribution in [-0.2, 0) is 12.8 Å². The molecule has 3 heteroatoms. The fourth-order valence-electron chi connectivity index (χ4n) is 2.75. The summed E-state index contributed by atoms with van der Waals surface area (Å²) in [5.74, 6) is 1.08. The van der Waals surface area contributed by atoms with Gasteiger partial charge in [0.15, 0.2) is 0 Å². The number of nitrogens with two attached hydrogens (primary N) is 1. The van der Waals surface area contributed by atoms with Gasteiger partial charge in [0.05, 0.1) is 6.61 Å². The monoisotopic (exact) mass is 232 g/mol. The van der Waals surface area contributed by atoms with Crippen LogP contribution >= 0.6 is 0 Å². The van der Waals surface area contributed by atoms with Crippen molar-refractivity contribution >= 4 is 0 Å². The molecule has 1 aromatic carbocycles. The first-order valence-electron chi connectivity index (χ1n) is 6.54. The summed E-state index contributed by atoms with van der Waals surface area (Å²) in [5.41, 5.74) is 8.71. The van der Waals surface area contributed by atoms with E-state index in [-0.39, 0.29) is 0 Å². The van der Waals surface area contributed by atoms with Crippen molar-refractivity contribution in [1.29, 1.82) is 0 Å². The van der Waals surface area contributed by atoms with Gasteiger partial charge in [0.25, 0.3) is 0 Å². The maximum absolute atomic E-state index is 5.91. The highest BCUT2D eigenvalue weighted by molar-refractivity contribution is 5.39. The van der Waals surface area contributed by atoms with E-state index in [0.717, 1.165) is 51.3 Å². The lowest BCUT2D eigenvalue weighted by Gasteiger charge is -2.15. The second-order valence-electron chi connectivity index (χ2n) is 5.14. The van der Waals surface area contributed by atoms with E-state index in [9.17, 15) is 0 Å². The third-order valence-corrected chi connectivity index (χ3v) is 3.78. The fourth-order valence-corrected chi connectivity index (χ4v) is 2.75. The van der Waals surface area contributed by atoms with E-state index < -0.39 is 0 Å². The first kappa shape index (κ1) is 11.1. The summed E-state index contributed by atoms with van der Waals surface area (Å²) in [6.07, 6.45) is 3.34. The summed E-state index contributed by atoms with van der Waals surface area (Å²) < 4.78 is 5.52. The van der Waals surface area contributed by atoms with Gasteiger partial charge in [-0.2, -0.15) is 0 Å². The van der Waals surface area contributed by atoms with Gasteiger partial charge in [0.2, 0.25) is 0 Å². The average Bonchev–Trinajstić information content (AvgIpc) is 2.94. The van der Waals surface area contributed by atoms with Crippen molar-refractivity contribution in [2.75, 3.05) is 26.2 Å². The van der Waals surface area contributed by atoms with Gasteiger partial charge in [-0.1, -0.05) is 12.1 Å². The summed E-state index contributed by atoms with van der Waals surface area (Å²) in [6.45, 7) is 4.20. The minimum absolute atomic E-state index is 0.392. The van der Waals surface area contributed by atoms with E-state index in [1.165, 1.54) is 11.1 Å². The van der Waals surface area contributed by atoms with Crippen LogP contribution < -0.4 is 10.5 Å². The third-order valence-electron chi connectivity index (χ3n) is 3.78. The molecule has 0 amide bonds. The Labute approximate surface area is 103 Å². The Hall–Kier alpha value is -1.06. The second-order valence-corrected chi connectivity index (χ2v) is 5.14. The van der Waals surface area contributed by atoms with Gasteiger partial charge in [0, 0.05) is 25.6 Å². The van der Waals surface area contributed by atoms with Crippen LogP contribution in [0.3, 0.4) is 0 Å². The molecule has 1 unspecified atom stereocenters. The number of likely N-dealkylation sites (tertiary alicyclic amines) is 1. The lowest BCUT2D eigenvalue weighted by atomic mass is 10.1. The van der Waals surface area contributed by atoms with Crippen LogP contribution in [0, 0.1) is 0 Å². The Bertz CT molecular complexity index is 405. The maximum atomic E-state index is 5.91. The zero-order chi connectivity index (χ0) is 11.7. The Morgan fingerprint density at radius 1 is 1.41 bits per heavy atom. The van der Waals surface area contributed by atoms with E-state index in [1.807, 2.05) is 0 Å². The molecule has 1 aromatic rings. The Kier molecular flexibility index (Phi) is 3.04. The van der Waals surface area contributed by atoms with Gasteiger partial charge in [-0.05, 0) is 36.6 Å². The maximum Gasteiger partial charge on any atom is 0.122 e. The molecule has 2 heterocycles. The van der Waals surface area contributed by atoms with Gasteiger partial charge < -0.3 is 15.4 Å². The molecular formula is C14H20N2O. The highest BCUT2D eigenvalue weighted by Gasteiger charge is 2.18. The zero-order valence-corrected chi connectivity index (χ0v) is 10.2. The van der Waals surface area contributed by atoms with E-state index >= 15 is 0 Å². The lowest BCUT2D eigenvalue weighted by Crippen LogP contribution is -2.28. The number of benzene rings is 1. The van der Waals surface area contributed by atoms with Gasteiger partial charge >= 0.3 is 0 Å². The summed E-state index contributed by atoms with van der Waals surface area (Å²) in [4.78, 5) is 2.47. The first-order chi connectivity index (χ1) is 8.31. The molecule has 3 rings (SSSR count). The average molecular weight is 232 g/mol. The van der Waals surface area contributed by atoms with E-state index in [1.54, 1.807) is 0 Å². The minimum atomic E-state index is 0.392. The molecule has 1 fully saturated rings. The van der Waals surface area contributed by atoms with Crippen LogP contribution in [-0.4, -0.2) is 37.2 Å². The van der Waals surface area contributed by atoms with Crippen LogP contribution in [0.25, 0.3) is 0 Å². The highest BCUT2D eigenvalue weighted by Crippen LogP contribution is 2.26. The quantitative estimate of drug-likeness (QED) is 0.851. The fraction of sp³-hybridized carbons (Fsp3) is 0.571. The minimum Gasteiger partial charge on any atom is -0.493 e. The molecule has 3 nitrogen and oxygen atoms in total. The van der Waals surface area contributed by atoms with Crippen molar-refractivity contribution in [3.8, 4) is 5.75 Å². The predicted octanol–water partition coefficient (Wildman–Crippen LogP) is 1.20. The number of hydrogen-bond donors (Lipinski definition) is 1. The number of hydrogen-bond acceptors (Lipinski definition) is 3. The van der Waals surface area contributed by atoms with Crippen LogP contribution in [0.5, 0.6) is 5.75 Å². The molecule has 0 aliphatic carbocycles. The Morgan fingerprint density at radius 2 is 2.35 bits per heavy atom. The van der Waals surface area contributed by atoms with Crippen molar-refractivity contribution in [3.05, 3.63) is 29.3 Å². The van der Waals surface area contributed by atoms with Crippen LogP contribution in [0.1, 0.15) is 17.5 Å². The molecule has 17 heavy (non-hydrogen) atoms. The first-order valence-corrected chi connectivity index (χ1v) is 6.54. The molecule has 2 aliphatic rings. The summed E-state index contributed by atoms with van der Waals surface area (Å²) in [5, 5.41) is 0. The standard InChI is InChI=1S/C14H20N2O/c15-13-4-7-16(10-13)6-3-11-1-2-14-12(9-11)5-8-17-14/h1-2,9,13H,3-8,10,15H2. The van der Waals surface area contributed by atoms with Crippen molar-refractivity contribution in [2.24, 2.45) is 5.73 Å². The van der Waals surface area contributed by atoms with Gasteiger partial charge in [-0.3, -0.25) is 0 Å². The molecule has 0 radical (unpaired) electrons. The van der Waals surface area contributed by atoms with Crippen molar-refractivity contribution < 1.29 is 4.74 Å². The predicted molar refractivity (Wildman–Crippen MR) is 68.4 cm³/mol. The van der Waals surface area contributed by atoms with Gasteiger partial charge in [-0.15, -0.1) is 0 Å². The molecule has 92 valence electrons. The van der Waals surface area contributed by atoms with Crippen LogP contribution in [0.2, 0.25) is 0 Å². The summed E-state index contributed by atoms with van der Waals surface area (Å²) >= 11 is 0. The van der Waals surface area contributed by atoms with E-state index in [0.29, 0.717) is 6.04 Å². The largest absolute Gasteiger partial charge is 0.493 e. The molecular weight excluding hydrogens is 212 g/mol. The molecule has 2 N–H and O–H groups in total. The smallest absolute Gasteiger partial charge is 0.122 e. The van der Waals surface area contributed by atoms with Crippen molar-refractivity contribution in [1.82, 2.24) is 4.90 Å². The van der Waals surface area contributed by atoms with Gasteiger partial charge in [0.1, 0.15) is 5.75 Å². The normalized spacial score (nSPS) is 23.7. The number of nitrogens with zero attached hydrogens (tertiary/aromatic N) is 1. The zero-order valence-electron chi connectivity index (χ0n) is 10.2. The lowest BCUT2D eigenvalue weighted by molar-refractivity contribution is 0.339. The van der Waals surface area contributed by atoms with Crippen LogP contribution in [0.4, 0.5) is 0 Å². The molecule has 0 saturated carbocycles. The Balaban J connectivity index is 1.58. The summed E-state index contributed by atoms with van der Waals surface area (Å²) in [6, 6.07) is 7.01. The van der Waals surface area contributed by atoms with Crippen molar-refractivity contribution in [2.45, 2.75) is 25.3 Å².